The molecule has 0 aliphatic carbocycles. The molecule has 0 aliphatic heterocycles. The molecule has 0 heterocycles. The van der Waals surface area contributed by atoms with Crippen molar-refractivity contribution in [3.8, 4) is 0 Å². The van der Waals surface area contributed by atoms with Crippen LogP contribution in [0.5, 0.6) is 0 Å². The molecule has 0 aromatic carbocycles. The summed E-state index contributed by atoms with van der Waals surface area (Å²) in [5.41, 5.74) is 0. The molecular formula is MoOSZr. The Kier molecular flexibility index (Phi) is 53.4. The molecule has 4 heteroatoms. The third-order valence-electron chi connectivity index (χ3n) is 0. The summed E-state index contributed by atoms with van der Waals surface area (Å²) in [7, 11) is 4.09. The normalized spacial score (nSPS) is 1.75. The third kappa shape index (κ3) is 9.52. The van der Waals surface area contributed by atoms with E-state index in [4.69, 9.17) is 2.81 Å². The van der Waals surface area contributed by atoms with Gasteiger partial charge in [-0.3, -0.25) is 0 Å². The predicted octanol–water partition coefficient (Wildman–Crippen LogP) is 0.524. The minimum atomic E-state index is 0.300. The van der Waals surface area contributed by atoms with Crippen LogP contribution in [-0.2, 0) is 45.5 Å². The van der Waals surface area contributed by atoms with Crippen molar-refractivity contribution in [2.75, 3.05) is 0 Å². The van der Waals surface area contributed by atoms with E-state index in [1.54, 1.807) is 0 Å². The summed E-state index contributed by atoms with van der Waals surface area (Å²) in [6, 6.07) is 0. The zero-order valence-corrected chi connectivity index (χ0v) is 7.01. The van der Waals surface area contributed by atoms with E-state index in [-0.39, 0.29) is 0 Å². The second-order valence-corrected chi connectivity index (χ2v) is 0. The van der Waals surface area contributed by atoms with Gasteiger partial charge in [0.05, 0.1) is 0 Å². The van der Waals surface area contributed by atoms with E-state index < -0.39 is 0 Å². The summed E-state index contributed by atoms with van der Waals surface area (Å²) >= 11 is 1.83. The van der Waals surface area contributed by atoms with E-state index in [1.165, 1.54) is 18.0 Å². The van der Waals surface area contributed by atoms with Crippen LogP contribution >= 0.6 is 9.82 Å². The summed E-state index contributed by atoms with van der Waals surface area (Å²) in [6.07, 6.45) is 0. The van der Waals surface area contributed by atoms with Crippen molar-refractivity contribution in [1.29, 1.82) is 0 Å². The molecule has 4 heavy (non-hydrogen) atoms. The second kappa shape index (κ2) is 23.4. The fourth-order valence-corrected chi connectivity index (χ4v) is 0. The predicted molar refractivity (Wildman–Crippen MR) is 8.28 cm³/mol. The zero-order valence-electron chi connectivity index (χ0n) is 1.72. The Balaban J connectivity index is 0. The first-order chi connectivity index (χ1) is 2.00. The average molecular weight is 235 g/mol. The molecule has 1 nitrogen and oxygen atoms in total. The quantitative estimate of drug-likeness (QED) is 0.570. The molecule has 0 fully saturated rings. The maximum atomic E-state index is 8.34. The van der Waals surface area contributed by atoms with E-state index in [0.29, 0.717) is 24.7 Å². The first-order valence-corrected chi connectivity index (χ1v) is 4.17. The molecule has 0 rings (SSSR count). The van der Waals surface area contributed by atoms with Crippen molar-refractivity contribution >= 4 is 9.82 Å². The maximum absolute atomic E-state index is 8.34. The Morgan fingerprint density at radius 3 is 1.50 bits per heavy atom. The third-order valence-corrected chi connectivity index (χ3v) is 0. The molecule has 0 unspecified atom stereocenters. The summed E-state index contributed by atoms with van der Waals surface area (Å²) in [5, 5.41) is 0. The molecule has 0 atom stereocenters. The van der Waals surface area contributed by atoms with Gasteiger partial charge in [0.15, 0.2) is 0 Å². The van der Waals surface area contributed by atoms with Gasteiger partial charge >= 0.3 is 55.4 Å². The van der Waals surface area contributed by atoms with E-state index in [2.05, 4.69) is 9.82 Å². The molecule has 0 aromatic heterocycles. The molecule has 0 saturated heterocycles. The van der Waals surface area contributed by atoms with E-state index >= 15 is 0 Å². The van der Waals surface area contributed by atoms with Crippen LogP contribution in [0.25, 0.3) is 0 Å². The van der Waals surface area contributed by atoms with Crippen molar-refractivity contribution in [3.63, 3.8) is 0 Å². The van der Waals surface area contributed by atoms with Crippen molar-refractivity contribution in [2.45, 2.75) is 0 Å². The zero-order chi connectivity index (χ0) is 4.00. The van der Waals surface area contributed by atoms with Gasteiger partial charge in [-0.25, -0.2) is 0 Å². The fraction of sp³-hybridized carbons (Fsp3) is 0. The van der Waals surface area contributed by atoms with Crippen LogP contribution in [0.1, 0.15) is 0 Å². The SMILES string of the molecule is [O]=[Zr].[S]=[Mo]. The van der Waals surface area contributed by atoms with Crippen LogP contribution in [0.3, 0.4) is 0 Å². The van der Waals surface area contributed by atoms with Crippen molar-refractivity contribution in [2.24, 2.45) is 0 Å². The summed E-state index contributed by atoms with van der Waals surface area (Å²) in [4.78, 5) is 0. The fourth-order valence-electron chi connectivity index (χ4n) is 0. The molecule has 0 amide bonds. The Morgan fingerprint density at radius 2 is 1.50 bits per heavy atom. The van der Waals surface area contributed by atoms with Gasteiger partial charge in [-0.1, -0.05) is 0 Å². The van der Waals surface area contributed by atoms with Crippen LogP contribution < -0.4 is 0 Å². The van der Waals surface area contributed by atoms with Gasteiger partial charge in [0.2, 0.25) is 0 Å². The first-order valence-electron chi connectivity index (χ1n) is 0.371. The van der Waals surface area contributed by atoms with Crippen LogP contribution in [-0.4, -0.2) is 0 Å². The molecule has 0 saturated carbocycles. The Hall–Kier alpha value is 1.59. The summed E-state index contributed by atoms with van der Waals surface area (Å²) in [6.45, 7) is 0. The monoisotopic (exact) mass is 236 g/mol. The number of rotatable bonds is 0. The average Bonchev–Trinajstić information content (AvgIpc) is 1.50. The first kappa shape index (κ1) is 9.14. The molecule has 0 N–H and O–H groups in total. The second-order valence-electron chi connectivity index (χ2n) is 0. The Morgan fingerprint density at radius 1 is 1.50 bits per heavy atom. The van der Waals surface area contributed by atoms with Gasteiger partial charge in [-0.05, 0) is 0 Å². The van der Waals surface area contributed by atoms with Crippen LogP contribution in [0.15, 0.2) is 0 Å². The summed E-state index contributed by atoms with van der Waals surface area (Å²) in [5.74, 6) is 0. The van der Waals surface area contributed by atoms with Gasteiger partial charge in [0.25, 0.3) is 0 Å². The van der Waals surface area contributed by atoms with Gasteiger partial charge in [0, 0.05) is 0 Å². The standard InChI is InChI=1S/Mo.O.S.Zr. The molecule has 0 spiro atoms. The number of hydrogen-bond acceptors (Lipinski definition) is 2. The Labute approximate surface area is 54.8 Å². The van der Waals surface area contributed by atoms with Crippen LogP contribution in [0.2, 0.25) is 0 Å². The van der Waals surface area contributed by atoms with Gasteiger partial charge < -0.3 is 0 Å². The summed E-state index contributed by atoms with van der Waals surface area (Å²) < 4.78 is 8.34. The number of hydrogen-bond donors (Lipinski definition) is 0. The van der Waals surface area contributed by atoms with Gasteiger partial charge in [0.1, 0.15) is 0 Å². The van der Waals surface area contributed by atoms with Crippen molar-refractivity contribution in [3.05, 3.63) is 0 Å². The van der Waals surface area contributed by atoms with Crippen molar-refractivity contribution < 1.29 is 45.5 Å². The van der Waals surface area contributed by atoms with E-state index in [9.17, 15) is 0 Å². The molecule has 0 aromatic rings. The van der Waals surface area contributed by atoms with Crippen molar-refractivity contribution in [1.82, 2.24) is 0 Å². The van der Waals surface area contributed by atoms with Crippen LogP contribution in [0, 0.1) is 0 Å². The Bertz CT molecular complexity index is 10.0. The van der Waals surface area contributed by atoms with E-state index in [0.717, 1.165) is 0 Å². The topological polar surface area (TPSA) is 17.1 Å². The molecule has 0 bridgehead atoms. The molecular weight excluding hydrogens is 235 g/mol. The van der Waals surface area contributed by atoms with E-state index in [1.807, 2.05) is 0 Å². The van der Waals surface area contributed by atoms with Gasteiger partial charge in [-0.2, -0.15) is 0 Å². The van der Waals surface area contributed by atoms with Gasteiger partial charge in [-0.15, -0.1) is 0 Å². The van der Waals surface area contributed by atoms with Crippen LogP contribution in [0.4, 0.5) is 0 Å². The minimum absolute atomic E-state index is 0.300. The molecule has 22 valence electrons. The molecule has 0 aliphatic rings. The molecule has 0 radical (unpaired) electrons.